The summed E-state index contributed by atoms with van der Waals surface area (Å²) in [5.41, 5.74) is -0.144. The summed E-state index contributed by atoms with van der Waals surface area (Å²) in [6, 6.07) is 0. The van der Waals surface area contributed by atoms with Gasteiger partial charge in [0.25, 0.3) is 0 Å². The van der Waals surface area contributed by atoms with Gasteiger partial charge >= 0.3 is 0 Å². The van der Waals surface area contributed by atoms with Gasteiger partial charge in [0.2, 0.25) is 0 Å². The fourth-order valence-electron chi connectivity index (χ4n) is 3.22. The van der Waals surface area contributed by atoms with Crippen LogP contribution in [0.25, 0.3) is 0 Å². The van der Waals surface area contributed by atoms with E-state index in [9.17, 15) is 5.11 Å². The van der Waals surface area contributed by atoms with Gasteiger partial charge in [0.05, 0.1) is 25.9 Å². The Balaban J connectivity index is 2.03. The lowest BCUT2D eigenvalue weighted by molar-refractivity contribution is -0.111. The maximum Gasteiger partial charge on any atom is 0.0771 e. The second-order valence-electron chi connectivity index (χ2n) is 5.73. The molecular weight excluding hydrogens is 230 g/mol. The van der Waals surface area contributed by atoms with E-state index in [2.05, 4.69) is 18.7 Å². The van der Waals surface area contributed by atoms with Crippen LogP contribution in [0.3, 0.4) is 0 Å². The average molecular weight is 257 g/mol. The molecular formula is C14H27NO3. The molecule has 0 amide bonds. The lowest BCUT2D eigenvalue weighted by Crippen LogP contribution is -2.60. The van der Waals surface area contributed by atoms with Gasteiger partial charge in [-0.3, -0.25) is 4.90 Å². The van der Waals surface area contributed by atoms with E-state index in [0.717, 1.165) is 52.2 Å². The van der Waals surface area contributed by atoms with Crippen molar-refractivity contribution < 1.29 is 14.6 Å². The van der Waals surface area contributed by atoms with Crippen molar-refractivity contribution >= 4 is 0 Å². The van der Waals surface area contributed by atoms with Crippen LogP contribution in [0.1, 0.15) is 33.1 Å². The third kappa shape index (κ3) is 2.87. The predicted octanol–water partition coefficient (Wildman–Crippen LogP) is 1.27. The fraction of sp³-hybridized carbons (Fsp3) is 1.00. The van der Waals surface area contributed by atoms with E-state index >= 15 is 0 Å². The molecule has 2 fully saturated rings. The van der Waals surface area contributed by atoms with Gasteiger partial charge in [-0.05, 0) is 26.2 Å². The summed E-state index contributed by atoms with van der Waals surface area (Å²) in [6.07, 6.45) is 2.82. The number of hydrogen-bond acceptors (Lipinski definition) is 4. The van der Waals surface area contributed by atoms with Crippen molar-refractivity contribution in [1.29, 1.82) is 0 Å². The highest BCUT2D eigenvalue weighted by Crippen LogP contribution is 2.32. The Morgan fingerprint density at radius 2 is 2.00 bits per heavy atom. The Morgan fingerprint density at radius 3 is 2.56 bits per heavy atom. The normalized spacial score (nSPS) is 31.8. The van der Waals surface area contributed by atoms with Crippen molar-refractivity contribution in [2.75, 3.05) is 39.5 Å². The van der Waals surface area contributed by atoms with Crippen LogP contribution < -0.4 is 0 Å². The standard InChI is InChI=1S/C14H27NO3/c1-3-14(2,15-6-9-17-10-7-15)13(16)12-5-4-8-18-11-12/h12-13,16H,3-11H2,1-2H3. The van der Waals surface area contributed by atoms with Crippen molar-refractivity contribution in [2.45, 2.75) is 44.8 Å². The molecule has 2 rings (SSSR count). The van der Waals surface area contributed by atoms with E-state index in [1.165, 1.54) is 0 Å². The zero-order valence-electron chi connectivity index (χ0n) is 11.7. The van der Waals surface area contributed by atoms with Crippen LogP contribution in [0.15, 0.2) is 0 Å². The molecule has 0 radical (unpaired) electrons. The van der Waals surface area contributed by atoms with E-state index in [4.69, 9.17) is 9.47 Å². The molecule has 2 aliphatic heterocycles. The van der Waals surface area contributed by atoms with E-state index in [1.807, 2.05) is 0 Å². The minimum absolute atomic E-state index is 0.144. The molecule has 0 spiro atoms. The Morgan fingerprint density at radius 1 is 1.28 bits per heavy atom. The van der Waals surface area contributed by atoms with Gasteiger partial charge in [-0.2, -0.15) is 0 Å². The molecule has 2 saturated heterocycles. The maximum absolute atomic E-state index is 10.8. The van der Waals surface area contributed by atoms with Crippen molar-refractivity contribution in [2.24, 2.45) is 5.92 Å². The summed E-state index contributed by atoms with van der Waals surface area (Å²) in [4.78, 5) is 2.40. The van der Waals surface area contributed by atoms with E-state index in [-0.39, 0.29) is 17.6 Å². The maximum atomic E-state index is 10.8. The smallest absolute Gasteiger partial charge is 0.0771 e. The largest absolute Gasteiger partial charge is 0.391 e. The molecule has 0 aromatic heterocycles. The van der Waals surface area contributed by atoms with Gasteiger partial charge < -0.3 is 14.6 Å². The van der Waals surface area contributed by atoms with E-state index in [0.29, 0.717) is 6.61 Å². The van der Waals surface area contributed by atoms with Crippen molar-refractivity contribution in [3.63, 3.8) is 0 Å². The monoisotopic (exact) mass is 257 g/mol. The van der Waals surface area contributed by atoms with Crippen molar-refractivity contribution in [3.05, 3.63) is 0 Å². The highest BCUT2D eigenvalue weighted by atomic mass is 16.5. The molecule has 0 aromatic carbocycles. The van der Waals surface area contributed by atoms with Crippen LogP contribution in [0, 0.1) is 5.92 Å². The van der Waals surface area contributed by atoms with Gasteiger partial charge in [0.15, 0.2) is 0 Å². The number of rotatable bonds is 4. The molecule has 3 atom stereocenters. The lowest BCUT2D eigenvalue weighted by Gasteiger charge is -2.48. The Bertz CT molecular complexity index is 249. The predicted molar refractivity (Wildman–Crippen MR) is 70.6 cm³/mol. The van der Waals surface area contributed by atoms with Crippen LogP contribution in [0.2, 0.25) is 0 Å². The van der Waals surface area contributed by atoms with E-state index in [1.54, 1.807) is 0 Å². The third-order valence-electron chi connectivity index (χ3n) is 4.73. The van der Waals surface area contributed by atoms with Crippen LogP contribution in [0.5, 0.6) is 0 Å². The third-order valence-corrected chi connectivity index (χ3v) is 4.73. The zero-order valence-corrected chi connectivity index (χ0v) is 11.7. The summed E-state index contributed by atoms with van der Waals surface area (Å²) < 4.78 is 10.9. The Labute approximate surface area is 110 Å². The number of morpholine rings is 1. The molecule has 0 aliphatic carbocycles. The molecule has 2 aliphatic rings. The molecule has 4 nitrogen and oxygen atoms in total. The highest BCUT2D eigenvalue weighted by molar-refractivity contribution is 4.96. The number of ether oxygens (including phenoxy) is 2. The molecule has 106 valence electrons. The first-order valence-corrected chi connectivity index (χ1v) is 7.27. The zero-order chi connectivity index (χ0) is 13.0. The number of hydrogen-bond donors (Lipinski definition) is 1. The lowest BCUT2D eigenvalue weighted by atomic mass is 9.79. The summed E-state index contributed by atoms with van der Waals surface area (Å²) >= 11 is 0. The number of aliphatic hydroxyl groups excluding tert-OH is 1. The molecule has 3 unspecified atom stereocenters. The first-order valence-electron chi connectivity index (χ1n) is 7.27. The summed E-state index contributed by atoms with van der Waals surface area (Å²) in [5, 5.41) is 10.8. The Kier molecular flexibility index (Phi) is 5.01. The first kappa shape index (κ1) is 14.3. The van der Waals surface area contributed by atoms with Gasteiger partial charge in [-0.25, -0.2) is 0 Å². The second kappa shape index (κ2) is 6.33. The molecule has 4 heteroatoms. The SMILES string of the molecule is CCC(C)(C(O)C1CCCOC1)N1CCOCC1. The summed E-state index contributed by atoms with van der Waals surface area (Å²) in [7, 11) is 0. The Hall–Kier alpha value is -0.160. The number of nitrogens with zero attached hydrogens (tertiary/aromatic N) is 1. The van der Waals surface area contributed by atoms with Crippen LogP contribution in [-0.4, -0.2) is 61.2 Å². The van der Waals surface area contributed by atoms with Crippen LogP contribution in [0.4, 0.5) is 0 Å². The van der Waals surface area contributed by atoms with E-state index < -0.39 is 0 Å². The quantitative estimate of drug-likeness (QED) is 0.823. The molecule has 18 heavy (non-hydrogen) atoms. The van der Waals surface area contributed by atoms with Crippen LogP contribution >= 0.6 is 0 Å². The second-order valence-corrected chi connectivity index (χ2v) is 5.73. The number of aliphatic hydroxyl groups is 1. The first-order chi connectivity index (χ1) is 8.68. The molecule has 0 bridgehead atoms. The summed E-state index contributed by atoms with van der Waals surface area (Å²) in [6.45, 7) is 9.33. The van der Waals surface area contributed by atoms with Crippen LogP contribution in [-0.2, 0) is 9.47 Å². The fourth-order valence-corrected chi connectivity index (χ4v) is 3.22. The molecule has 2 heterocycles. The van der Waals surface area contributed by atoms with Crippen molar-refractivity contribution in [3.8, 4) is 0 Å². The average Bonchev–Trinajstić information content (AvgIpc) is 2.47. The van der Waals surface area contributed by atoms with Gasteiger partial charge in [0, 0.05) is 31.2 Å². The van der Waals surface area contributed by atoms with Crippen molar-refractivity contribution in [1.82, 2.24) is 4.90 Å². The highest BCUT2D eigenvalue weighted by Gasteiger charge is 2.42. The summed E-state index contributed by atoms with van der Waals surface area (Å²) in [5.74, 6) is 0.284. The van der Waals surface area contributed by atoms with Gasteiger partial charge in [-0.1, -0.05) is 6.92 Å². The van der Waals surface area contributed by atoms with Gasteiger partial charge in [-0.15, -0.1) is 0 Å². The molecule has 0 saturated carbocycles. The topological polar surface area (TPSA) is 41.9 Å². The minimum Gasteiger partial charge on any atom is -0.391 e. The van der Waals surface area contributed by atoms with Gasteiger partial charge in [0.1, 0.15) is 0 Å². The molecule has 0 aromatic rings. The molecule has 1 N–H and O–H groups in total. The minimum atomic E-state index is -0.305.